The monoisotopic (exact) mass is 291 g/mol. The first-order chi connectivity index (χ1) is 9.54. The molecule has 0 aliphatic rings. The maximum absolute atomic E-state index is 12.2. The second kappa shape index (κ2) is 6.15. The minimum Gasteiger partial charge on any atom is -0.466 e. The van der Waals surface area contributed by atoms with Crippen LogP contribution in [0.25, 0.3) is 0 Å². The van der Waals surface area contributed by atoms with E-state index in [4.69, 9.17) is 4.42 Å². The lowest BCUT2D eigenvalue weighted by molar-refractivity contribution is 0.0330. The predicted molar refractivity (Wildman–Crippen MR) is 78.8 cm³/mol. The molecule has 2 aromatic rings. The average molecular weight is 291 g/mol. The summed E-state index contributed by atoms with van der Waals surface area (Å²) in [4.78, 5) is 13.1. The molecule has 2 N–H and O–H groups in total. The Kier molecular flexibility index (Phi) is 4.52. The van der Waals surface area contributed by atoms with E-state index in [-0.39, 0.29) is 12.5 Å². The fourth-order valence-corrected chi connectivity index (χ4v) is 2.45. The van der Waals surface area contributed by atoms with E-state index in [0.29, 0.717) is 11.3 Å². The number of amides is 1. The minimum absolute atomic E-state index is 0.0854. The van der Waals surface area contributed by atoms with Crippen molar-refractivity contribution in [1.82, 2.24) is 5.32 Å². The number of carbonyl (C=O) groups excluding carboxylic acids is 1. The molecular formula is C15H17NO3S. The van der Waals surface area contributed by atoms with Crippen LogP contribution in [0.1, 0.15) is 23.0 Å². The van der Waals surface area contributed by atoms with E-state index in [1.54, 1.807) is 25.1 Å². The lowest BCUT2D eigenvalue weighted by Crippen LogP contribution is -2.38. The molecule has 20 heavy (non-hydrogen) atoms. The van der Waals surface area contributed by atoms with Gasteiger partial charge in [-0.2, -0.15) is 0 Å². The van der Waals surface area contributed by atoms with Crippen molar-refractivity contribution in [2.45, 2.75) is 17.4 Å². The molecule has 0 saturated heterocycles. The highest BCUT2D eigenvalue weighted by molar-refractivity contribution is 7.98. The molecule has 0 aliphatic heterocycles. The second-order valence-electron chi connectivity index (χ2n) is 4.63. The van der Waals surface area contributed by atoms with E-state index in [1.165, 1.54) is 18.0 Å². The molecule has 1 atom stereocenters. The van der Waals surface area contributed by atoms with Crippen molar-refractivity contribution in [2.75, 3.05) is 12.8 Å². The minimum atomic E-state index is -1.23. The van der Waals surface area contributed by atoms with Crippen LogP contribution < -0.4 is 5.32 Å². The summed E-state index contributed by atoms with van der Waals surface area (Å²) < 4.78 is 5.18. The largest absolute Gasteiger partial charge is 0.466 e. The van der Waals surface area contributed by atoms with Gasteiger partial charge in [0.2, 0.25) is 0 Å². The summed E-state index contributed by atoms with van der Waals surface area (Å²) in [5.41, 5.74) is -0.622. The molecule has 0 saturated carbocycles. The van der Waals surface area contributed by atoms with Gasteiger partial charge in [-0.05, 0) is 37.4 Å². The van der Waals surface area contributed by atoms with Gasteiger partial charge in [-0.1, -0.05) is 12.1 Å². The van der Waals surface area contributed by atoms with Crippen LogP contribution in [0, 0.1) is 0 Å². The van der Waals surface area contributed by atoms with E-state index in [9.17, 15) is 9.90 Å². The zero-order valence-electron chi connectivity index (χ0n) is 11.4. The van der Waals surface area contributed by atoms with Crippen LogP contribution in [0.5, 0.6) is 0 Å². The Morgan fingerprint density at radius 1 is 1.35 bits per heavy atom. The summed E-state index contributed by atoms with van der Waals surface area (Å²) in [5, 5.41) is 13.0. The molecule has 2 rings (SSSR count). The molecule has 0 fully saturated rings. The first-order valence-electron chi connectivity index (χ1n) is 6.22. The molecule has 1 heterocycles. The Morgan fingerprint density at radius 2 is 2.10 bits per heavy atom. The molecule has 1 amide bonds. The number of benzene rings is 1. The Hall–Kier alpha value is -1.72. The summed E-state index contributed by atoms with van der Waals surface area (Å²) in [6.45, 7) is 1.69. The molecule has 0 bridgehead atoms. The van der Waals surface area contributed by atoms with Crippen LogP contribution in [0.2, 0.25) is 0 Å². The van der Waals surface area contributed by atoms with Gasteiger partial charge in [-0.3, -0.25) is 4.79 Å². The van der Waals surface area contributed by atoms with E-state index >= 15 is 0 Å². The third-order valence-electron chi connectivity index (χ3n) is 3.00. The van der Waals surface area contributed by atoms with Gasteiger partial charge < -0.3 is 14.8 Å². The Morgan fingerprint density at radius 3 is 2.75 bits per heavy atom. The average Bonchev–Trinajstić information content (AvgIpc) is 3.00. The molecule has 5 heteroatoms. The molecule has 0 spiro atoms. The topological polar surface area (TPSA) is 62.5 Å². The Labute approximate surface area is 122 Å². The van der Waals surface area contributed by atoms with Crippen LogP contribution in [0.15, 0.2) is 52.0 Å². The summed E-state index contributed by atoms with van der Waals surface area (Å²) >= 11 is 1.51. The quantitative estimate of drug-likeness (QED) is 0.831. The van der Waals surface area contributed by atoms with Gasteiger partial charge in [0.05, 0.1) is 18.4 Å². The molecule has 4 nitrogen and oxygen atoms in total. The zero-order valence-corrected chi connectivity index (χ0v) is 12.2. The highest BCUT2D eigenvalue weighted by Gasteiger charge is 2.27. The summed E-state index contributed by atoms with van der Waals surface area (Å²) in [7, 11) is 0. The Balaban J connectivity index is 2.06. The van der Waals surface area contributed by atoms with E-state index in [1.807, 2.05) is 24.5 Å². The van der Waals surface area contributed by atoms with Crippen molar-refractivity contribution < 1.29 is 14.3 Å². The summed E-state index contributed by atoms with van der Waals surface area (Å²) in [6, 6.07) is 10.8. The SMILES string of the molecule is CSc1ccccc1C(=O)NC[C@@](C)(O)c1ccco1. The van der Waals surface area contributed by atoms with Crippen LogP contribution in [0.3, 0.4) is 0 Å². The van der Waals surface area contributed by atoms with Crippen molar-refractivity contribution in [3.63, 3.8) is 0 Å². The third-order valence-corrected chi connectivity index (χ3v) is 3.79. The number of furan rings is 1. The third kappa shape index (κ3) is 3.23. The van der Waals surface area contributed by atoms with Crippen molar-refractivity contribution in [2.24, 2.45) is 0 Å². The van der Waals surface area contributed by atoms with E-state index in [0.717, 1.165) is 4.90 Å². The van der Waals surface area contributed by atoms with Gasteiger partial charge >= 0.3 is 0 Å². The molecule has 0 unspecified atom stereocenters. The van der Waals surface area contributed by atoms with Crippen LogP contribution in [-0.2, 0) is 5.60 Å². The molecule has 1 aromatic carbocycles. The standard InChI is InChI=1S/C15H17NO3S/c1-15(18,13-8-5-9-19-13)10-16-14(17)11-6-3-4-7-12(11)20-2/h3-9,18H,10H2,1-2H3,(H,16,17)/t15-/m1/s1. The molecule has 0 radical (unpaired) electrons. The number of carbonyl (C=O) groups is 1. The predicted octanol–water partition coefficient (Wildman–Crippen LogP) is 2.64. The number of thioether (sulfide) groups is 1. The first-order valence-corrected chi connectivity index (χ1v) is 7.44. The van der Waals surface area contributed by atoms with Crippen molar-refractivity contribution in [1.29, 1.82) is 0 Å². The molecular weight excluding hydrogens is 274 g/mol. The normalized spacial score (nSPS) is 13.8. The van der Waals surface area contributed by atoms with Crippen molar-refractivity contribution in [3.8, 4) is 0 Å². The highest BCUT2D eigenvalue weighted by Crippen LogP contribution is 2.22. The van der Waals surface area contributed by atoms with Gasteiger partial charge in [0, 0.05) is 4.90 Å². The first kappa shape index (κ1) is 14.7. The fourth-order valence-electron chi connectivity index (χ4n) is 1.85. The van der Waals surface area contributed by atoms with Crippen molar-refractivity contribution >= 4 is 17.7 Å². The van der Waals surface area contributed by atoms with Gasteiger partial charge in [0.1, 0.15) is 11.4 Å². The van der Waals surface area contributed by atoms with Gasteiger partial charge in [0.25, 0.3) is 5.91 Å². The smallest absolute Gasteiger partial charge is 0.252 e. The fraction of sp³-hybridized carbons (Fsp3) is 0.267. The van der Waals surface area contributed by atoms with Gasteiger partial charge in [-0.15, -0.1) is 11.8 Å². The van der Waals surface area contributed by atoms with E-state index < -0.39 is 5.60 Å². The Bertz CT molecular complexity index is 579. The zero-order chi connectivity index (χ0) is 14.6. The second-order valence-corrected chi connectivity index (χ2v) is 5.48. The van der Waals surface area contributed by atoms with Crippen LogP contribution in [0.4, 0.5) is 0 Å². The molecule has 1 aromatic heterocycles. The van der Waals surface area contributed by atoms with E-state index in [2.05, 4.69) is 5.32 Å². The number of aliphatic hydroxyl groups is 1. The maximum atomic E-state index is 12.2. The lowest BCUT2D eigenvalue weighted by atomic mass is 10.0. The number of rotatable bonds is 5. The highest BCUT2D eigenvalue weighted by atomic mass is 32.2. The summed E-state index contributed by atoms with van der Waals surface area (Å²) in [5.74, 6) is 0.220. The maximum Gasteiger partial charge on any atom is 0.252 e. The number of hydrogen-bond donors (Lipinski definition) is 2. The van der Waals surface area contributed by atoms with Gasteiger partial charge in [0.15, 0.2) is 0 Å². The van der Waals surface area contributed by atoms with Crippen molar-refractivity contribution in [3.05, 3.63) is 54.0 Å². The van der Waals surface area contributed by atoms with Crippen LogP contribution in [-0.4, -0.2) is 23.8 Å². The lowest BCUT2D eigenvalue weighted by Gasteiger charge is -2.21. The van der Waals surface area contributed by atoms with Crippen LogP contribution >= 0.6 is 11.8 Å². The van der Waals surface area contributed by atoms with Gasteiger partial charge in [-0.25, -0.2) is 0 Å². The summed E-state index contributed by atoms with van der Waals surface area (Å²) in [6.07, 6.45) is 3.42. The number of nitrogens with one attached hydrogen (secondary N) is 1. The number of hydrogen-bond acceptors (Lipinski definition) is 4. The molecule has 0 aliphatic carbocycles. The molecule has 106 valence electrons.